The number of hydrogen-bond donors (Lipinski definition) is 2. The number of aryl methyl sites for hydroxylation is 1. The molecule has 5 aromatic rings. The SMILES string of the molecule is CCCc1ccc(-c2ccc(C(=O)Nc3ccc(-c4ccc(OC(Cc5ccccc5)C(=O)O)cc4)cc3)cc2)cc1. The number of anilines is 1. The smallest absolute Gasteiger partial charge is 0.345 e. The minimum Gasteiger partial charge on any atom is -0.478 e. The zero-order valence-corrected chi connectivity index (χ0v) is 23.5. The van der Waals surface area contributed by atoms with E-state index in [9.17, 15) is 14.7 Å². The molecular formula is C37H33NO4. The molecule has 0 spiro atoms. The number of hydrogen-bond acceptors (Lipinski definition) is 3. The number of amides is 1. The van der Waals surface area contributed by atoms with Crippen molar-refractivity contribution in [2.75, 3.05) is 5.32 Å². The van der Waals surface area contributed by atoms with Gasteiger partial charge in [0, 0.05) is 17.7 Å². The molecule has 1 amide bonds. The molecule has 1 atom stereocenters. The van der Waals surface area contributed by atoms with Crippen LogP contribution in [0.4, 0.5) is 5.69 Å². The van der Waals surface area contributed by atoms with Crippen LogP contribution in [0.2, 0.25) is 0 Å². The molecule has 210 valence electrons. The second kappa shape index (κ2) is 13.5. The zero-order valence-electron chi connectivity index (χ0n) is 23.5. The number of aliphatic carboxylic acids is 1. The highest BCUT2D eigenvalue weighted by atomic mass is 16.5. The molecule has 0 aliphatic rings. The molecule has 0 bridgehead atoms. The van der Waals surface area contributed by atoms with Gasteiger partial charge in [-0.3, -0.25) is 4.79 Å². The first-order valence-electron chi connectivity index (χ1n) is 14.1. The van der Waals surface area contributed by atoms with Gasteiger partial charge < -0.3 is 15.2 Å². The second-order valence-corrected chi connectivity index (χ2v) is 10.2. The lowest BCUT2D eigenvalue weighted by molar-refractivity contribution is -0.145. The molecule has 5 heteroatoms. The lowest BCUT2D eigenvalue weighted by Crippen LogP contribution is -2.29. The Kier molecular flexibility index (Phi) is 9.10. The van der Waals surface area contributed by atoms with Gasteiger partial charge in [0.2, 0.25) is 0 Å². The summed E-state index contributed by atoms with van der Waals surface area (Å²) in [6.45, 7) is 2.18. The molecule has 5 rings (SSSR count). The van der Waals surface area contributed by atoms with Crippen molar-refractivity contribution < 1.29 is 19.4 Å². The van der Waals surface area contributed by atoms with Crippen LogP contribution in [0.1, 0.15) is 34.8 Å². The van der Waals surface area contributed by atoms with Crippen LogP contribution in [-0.2, 0) is 17.6 Å². The predicted molar refractivity (Wildman–Crippen MR) is 168 cm³/mol. The lowest BCUT2D eigenvalue weighted by atomic mass is 10.0. The van der Waals surface area contributed by atoms with Crippen LogP contribution in [0.5, 0.6) is 5.75 Å². The quantitative estimate of drug-likeness (QED) is 0.172. The first-order chi connectivity index (χ1) is 20.5. The molecular weight excluding hydrogens is 522 g/mol. The minimum atomic E-state index is -1.01. The van der Waals surface area contributed by atoms with Crippen LogP contribution in [0.25, 0.3) is 22.3 Å². The maximum absolute atomic E-state index is 12.9. The summed E-state index contributed by atoms with van der Waals surface area (Å²) < 4.78 is 5.77. The van der Waals surface area contributed by atoms with E-state index in [0.29, 0.717) is 17.0 Å². The van der Waals surface area contributed by atoms with Gasteiger partial charge in [-0.25, -0.2) is 4.79 Å². The van der Waals surface area contributed by atoms with Gasteiger partial charge in [0.15, 0.2) is 6.10 Å². The molecule has 0 saturated heterocycles. The Morgan fingerprint density at radius 2 is 1.19 bits per heavy atom. The van der Waals surface area contributed by atoms with Gasteiger partial charge >= 0.3 is 5.97 Å². The highest BCUT2D eigenvalue weighted by Crippen LogP contribution is 2.26. The Morgan fingerprint density at radius 1 is 0.667 bits per heavy atom. The number of carboxylic acid groups (broad SMARTS) is 1. The largest absolute Gasteiger partial charge is 0.478 e. The van der Waals surface area contributed by atoms with Crippen molar-refractivity contribution in [1.82, 2.24) is 0 Å². The van der Waals surface area contributed by atoms with Crippen molar-refractivity contribution >= 4 is 17.6 Å². The van der Waals surface area contributed by atoms with Gasteiger partial charge in [0.05, 0.1) is 0 Å². The number of rotatable bonds is 11. The van der Waals surface area contributed by atoms with Gasteiger partial charge in [0.25, 0.3) is 5.91 Å². The predicted octanol–water partition coefficient (Wildman–Crippen LogP) is 8.30. The Hall–Kier alpha value is -5.16. The van der Waals surface area contributed by atoms with E-state index in [-0.39, 0.29) is 12.3 Å². The van der Waals surface area contributed by atoms with E-state index in [1.807, 2.05) is 91.0 Å². The number of carbonyl (C=O) groups is 2. The van der Waals surface area contributed by atoms with Gasteiger partial charge in [-0.2, -0.15) is 0 Å². The van der Waals surface area contributed by atoms with Crippen molar-refractivity contribution in [2.24, 2.45) is 0 Å². The first kappa shape index (κ1) is 28.4. The number of benzene rings is 5. The van der Waals surface area contributed by atoms with Crippen molar-refractivity contribution in [1.29, 1.82) is 0 Å². The summed E-state index contributed by atoms with van der Waals surface area (Å²) in [4.78, 5) is 24.6. The van der Waals surface area contributed by atoms with Crippen LogP contribution >= 0.6 is 0 Å². The third-order valence-electron chi connectivity index (χ3n) is 7.12. The van der Waals surface area contributed by atoms with E-state index in [1.54, 1.807) is 12.1 Å². The average molecular weight is 556 g/mol. The summed E-state index contributed by atoms with van der Waals surface area (Å²) in [7, 11) is 0. The molecule has 42 heavy (non-hydrogen) atoms. The Labute approximate surface area is 246 Å². The fraction of sp³-hybridized carbons (Fsp3) is 0.135. The topological polar surface area (TPSA) is 75.6 Å². The van der Waals surface area contributed by atoms with E-state index < -0.39 is 12.1 Å². The normalized spacial score (nSPS) is 11.5. The maximum atomic E-state index is 12.9. The molecule has 0 saturated carbocycles. The number of carboxylic acids is 1. The van der Waals surface area contributed by atoms with Crippen molar-refractivity contribution in [3.63, 3.8) is 0 Å². The average Bonchev–Trinajstić information content (AvgIpc) is 3.02. The van der Waals surface area contributed by atoms with Crippen LogP contribution in [-0.4, -0.2) is 23.1 Å². The van der Waals surface area contributed by atoms with E-state index in [4.69, 9.17) is 4.74 Å². The monoisotopic (exact) mass is 555 g/mol. The molecule has 5 nitrogen and oxygen atoms in total. The van der Waals surface area contributed by atoms with E-state index in [0.717, 1.165) is 40.7 Å². The molecule has 0 heterocycles. The number of ether oxygens (including phenoxy) is 1. The van der Waals surface area contributed by atoms with Crippen LogP contribution in [0.3, 0.4) is 0 Å². The summed E-state index contributed by atoms with van der Waals surface area (Å²) in [6.07, 6.45) is 1.50. The summed E-state index contributed by atoms with van der Waals surface area (Å²) >= 11 is 0. The molecule has 1 unspecified atom stereocenters. The second-order valence-electron chi connectivity index (χ2n) is 10.2. The summed E-state index contributed by atoms with van der Waals surface area (Å²) in [6, 6.07) is 40.6. The standard InChI is InChI=1S/C37H33NO4/c1-2-6-26-9-11-28(12-10-26)29-13-15-32(16-14-29)36(39)38-33-21-17-30(18-22-33)31-19-23-34(24-20-31)42-35(37(40)41)25-27-7-4-3-5-8-27/h3-5,7-24,35H,2,6,25H2,1H3,(H,38,39)(H,40,41). The van der Waals surface area contributed by atoms with E-state index >= 15 is 0 Å². The molecule has 0 aliphatic heterocycles. The minimum absolute atomic E-state index is 0.169. The molecule has 5 aromatic carbocycles. The summed E-state index contributed by atoms with van der Waals surface area (Å²) in [5.74, 6) is -0.684. The molecule has 0 fully saturated rings. The molecule has 0 radical (unpaired) electrons. The highest BCUT2D eigenvalue weighted by molar-refractivity contribution is 6.04. The fourth-order valence-corrected chi connectivity index (χ4v) is 4.81. The van der Waals surface area contributed by atoms with E-state index in [1.165, 1.54) is 5.56 Å². The van der Waals surface area contributed by atoms with Gasteiger partial charge in [0.1, 0.15) is 5.75 Å². The van der Waals surface area contributed by atoms with Gasteiger partial charge in [-0.15, -0.1) is 0 Å². The Morgan fingerprint density at radius 3 is 1.74 bits per heavy atom. The maximum Gasteiger partial charge on any atom is 0.345 e. The van der Waals surface area contributed by atoms with Crippen LogP contribution < -0.4 is 10.1 Å². The zero-order chi connectivity index (χ0) is 29.3. The fourth-order valence-electron chi connectivity index (χ4n) is 4.81. The Balaban J connectivity index is 1.18. The molecule has 0 aliphatic carbocycles. The van der Waals surface area contributed by atoms with Gasteiger partial charge in [-0.05, 0) is 76.2 Å². The van der Waals surface area contributed by atoms with Crippen LogP contribution in [0, 0.1) is 0 Å². The summed E-state index contributed by atoms with van der Waals surface area (Å²) in [5.41, 5.74) is 7.64. The molecule has 0 aromatic heterocycles. The van der Waals surface area contributed by atoms with Crippen molar-refractivity contribution in [3.8, 4) is 28.0 Å². The third-order valence-corrected chi connectivity index (χ3v) is 7.12. The Bertz CT molecular complexity index is 1610. The number of carbonyl (C=O) groups excluding carboxylic acids is 1. The summed E-state index contributed by atoms with van der Waals surface area (Å²) in [5, 5.41) is 12.6. The van der Waals surface area contributed by atoms with E-state index in [2.05, 4.69) is 36.5 Å². The highest BCUT2D eigenvalue weighted by Gasteiger charge is 2.20. The molecule has 2 N–H and O–H groups in total. The number of nitrogens with one attached hydrogen (secondary N) is 1. The first-order valence-corrected chi connectivity index (χ1v) is 14.1. The van der Waals surface area contributed by atoms with Crippen LogP contribution in [0.15, 0.2) is 127 Å². The van der Waals surface area contributed by atoms with Crippen molar-refractivity contribution in [2.45, 2.75) is 32.3 Å². The third kappa shape index (κ3) is 7.32. The lowest BCUT2D eigenvalue weighted by Gasteiger charge is -2.15. The van der Waals surface area contributed by atoms with Crippen molar-refractivity contribution in [3.05, 3.63) is 144 Å². The van der Waals surface area contributed by atoms with Gasteiger partial charge in [-0.1, -0.05) is 104 Å².